The Morgan fingerprint density at radius 3 is 2.83 bits per heavy atom. The summed E-state index contributed by atoms with van der Waals surface area (Å²) in [5.74, 6) is 0.169. The number of Topliss-reactive ketones (excluding diaryl/α,β-unsaturated/α-hetero) is 1. The van der Waals surface area contributed by atoms with Gasteiger partial charge in [0.05, 0.1) is 0 Å². The van der Waals surface area contributed by atoms with Gasteiger partial charge in [0.2, 0.25) is 0 Å². The average Bonchev–Trinajstić information content (AvgIpc) is 2.34. The number of thioether (sulfide) groups is 1. The van der Waals surface area contributed by atoms with Crippen molar-refractivity contribution >= 4 is 17.5 Å². The van der Waals surface area contributed by atoms with Gasteiger partial charge >= 0.3 is 0 Å². The molecule has 2 heteroatoms. The minimum atomic E-state index is -0.404. The average molecular weight is 180 g/mol. The number of hydrogen-bond acceptors (Lipinski definition) is 2. The SMILES string of the molecule is C=CCC1(C(C)=O)C=CC(=C)S1. The van der Waals surface area contributed by atoms with Crippen LogP contribution >= 0.6 is 11.8 Å². The summed E-state index contributed by atoms with van der Waals surface area (Å²) >= 11 is 1.52. The molecule has 0 N–H and O–H groups in total. The Morgan fingerprint density at radius 2 is 2.50 bits per heavy atom. The molecule has 64 valence electrons. The summed E-state index contributed by atoms with van der Waals surface area (Å²) in [6, 6.07) is 0. The third kappa shape index (κ3) is 1.53. The third-order valence-corrected chi connectivity index (χ3v) is 3.25. The molecule has 0 aromatic rings. The molecule has 0 fully saturated rings. The van der Waals surface area contributed by atoms with Gasteiger partial charge in [0.1, 0.15) is 10.5 Å². The smallest absolute Gasteiger partial charge is 0.150 e. The largest absolute Gasteiger partial charge is 0.298 e. The van der Waals surface area contributed by atoms with Crippen molar-refractivity contribution in [3.05, 3.63) is 36.3 Å². The van der Waals surface area contributed by atoms with Crippen molar-refractivity contribution in [2.24, 2.45) is 0 Å². The fourth-order valence-electron chi connectivity index (χ4n) is 1.19. The fourth-order valence-corrected chi connectivity index (χ4v) is 2.27. The summed E-state index contributed by atoms with van der Waals surface area (Å²) in [4.78, 5) is 12.3. The highest BCUT2D eigenvalue weighted by Gasteiger charge is 2.35. The molecule has 0 saturated heterocycles. The lowest BCUT2D eigenvalue weighted by Gasteiger charge is -2.20. The van der Waals surface area contributed by atoms with Crippen molar-refractivity contribution in [2.45, 2.75) is 18.1 Å². The van der Waals surface area contributed by atoms with E-state index in [0.717, 1.165) is 4.91 Å². The van der Waals surface area contributed by atoms with Crippen molar-refractivity contribution in [3.63, 3.8) is 0 Å². The Bertz CT molecular complexity index is 265. The molecule has 1 heterocycles. The Morgan fingerprint density at radius 1 is 1.83 bits per heavy atom. The lowest BCUT2D eigenvalue weighted by atomic mass is 10.00. The van der Waals surface area contributed by atoms with E-state index in [2.05, 4.69) is 13.2 Å². The van der Waals surface area contributed by atoms with Crippen LogP contribution in [-0.4, -0.2) is 10.5 Å². The second-order valence-electron chi connectivity index (χ2n) is 2.84. The fraction of sp³-hybridized carbons (Fsp3) is 0.300. The summed E-state index contributed by atoms with van der Waals surface area (Å²) < 4.78 is -0.404. The highest BCUT2D eigenvalue weighted by molar-refractivity contribution is 8.05. The number of hydrogen-bond donors (Lipinski definition) is 0. The van der Waals surface area contributed by atoms with Gasteiger partial charge in [0.25, 0.3) is 0 Å². The van der Waals surface area contributed by atoms with Crippen LogP contribution in [0.1, 0.15) is 13.3 Å². The monoisotopic (exact) mass is 180 g/mol. The molecule has 0 saturated carbocycles. The summed E-state index contributed by atoms with van der Waals surface area (Å²) in [5.41, 5.74) is 0. The first kappa shape index (κ1) is 9.33. The van der Waals surface area contributed by atoms with Crippen molar-refractivity contribution in [1.82, 2.24) is 0 Å². The summed E-state index contributed by atoms with van der Waals surface area (Å²) in [7, 11) is 0. The molecular weight excluding hydrogens is 168 g/mol. The lowest BCUT2D eigenvalue weighted by Crippen LogP contribution is -2.27. The molecule has 0 aromatic heterocycles. The molecule has 1 rings (SSSR count). The van der Waals surface area contributed by atoms with Crippen LogP contribution in [-0.2, 0) is 4.79 Å². The molecule has 0 spiro atoms. The van der Waals surface area contributed by atoms with Gasteiger partial charge in [-0.2, -0.15) is 0 Å². The van der Waals surface area contributed by atoms with Gasteiger partial charge in [-0.05, 0) is 13.3 Å². The minimum Gasteiger partial charge on any atom is -0.298 e. The van der Waals surface area contributed by atoms with E-state index in [1.807, 2.05) is 12.2 Å². The van der Waals surface area contributed by atoms with E-state index in [0.29, 0.717) is 6.42 Å². The van der Waals surface area contributed by atoms with Crippen LogP contribution in [0.2, 0.25) is 0 Å². The Hall–Kier alpha value is -0.760. The zero-order valence-corrected chi connectivity index (χ0v) is 7.99. The molecule has 0 bridgehead atoms. The zero-order valence-electron chi connectivity index (χ0n) is 7.17. The maximum atomic E-state index is 11.3. The van der Waals surface area contributed by atoms with Crippen molar-refractivity contribution in [1.29, 1.82) is 0 Å². The minimum absolute atomic E-state index is 0.169. The molecule has 12 heavy (non-hydrogen) atoms. The second kappa shape index (κ2) is 3.31. The lowest BCUT2D eigenvalue weighted by molar-refractivity contribution is -0.118. The number of carbonyl (C=O) groups excluding carboxylic acids is 1. The number of carbonyl (C=O) groups is 1. The van der Waals surface area contributed by atoms with E-state index >= 15 is 0 Å². The second-order valence-corrected chi connectivity index (χ2v) is 4.30. The van der Waals surface area contributed by atoms with Crippen LogP contribution in [0, 0.1) is 0 Å². The van der Waals surface area contributed by atoms with E-state index < -0.39 is 4.75 Å². The van der Waals surface area contributed by atoms with Crippen LogP contribution in [0.3, 0.4) is 0 Å². The topological polar surface area (TPSA) is 17.1 Å². The van der Waals surface area contributed by atoms with Crippen LogP contribution in [0.15, 0.2) is 36.3 Å². The maximum Gasteiger partial charge on any atom is 0.150 e. The van der Waals surface area contributed by atoms with E-state index in [1.165, 1.54) is 11.8 Å². The predicted molar refractivity (Wildman–Crippen MR) is 54.1 cm³/mol. The van der Waals surface area contributed by atoms with Crippen molar-refractivity contribution in [3.8, 4) is 0 Å². The van der Waals surface area contributed by atoms with Gasteiger partial charge in [0, 0.05) is 4.91 Å². The molecule has 0 aliphatic carbocycles. The van der Waals surface area contributed by atoms with E-state index in [-0.39, 0.29) is 5.78 Å². The van der Waals surface area contributed by atoms with Gasteiger partial charge in [-0.1, -0.05) is 24.8 Å². The zero-order chi connectivity index (χ0) is 9.19. The van der Waals surface area contributed by atoms with Crippen LogP contribution in [0.4, 0.5) is 0 Å². The molecule has 1 nitrogen and oxygen atoms in total. The number of rotatable bonds is 3. The normalized spacial score (nSPS) is 27.6. The number of ketones is 1. The van der Waals surface area contributed by atoms with Crippen LogP contribution in [0.25, 0.3) is 0 Å². The van der Waals surface area contributed by atoms with Crippen molar-refractivity contribution in [2.75, 3.05) is 0 Å². The first-order chi connectivity index (χ1) is 5.60. The van der Waals surface area contributed by atoms with Gasteiger partial charge in [0.15, 0.2) is 0 Å². The summed E-state index contributed by atoms with van der Waals surface area (Å²) in [5, 5.41) is 0. The molecule has 1 unspecified atom stereocenters. The summed E-state index contributed by atoms with van der Waals surface area (Å²) in [6.45, 7) is 9.06. The number of allylic oxidation sites excluding steroid dienone is 2. The predicted octanol–water partition coefficient (Wildman–Crippen LogP) is 2.71. The standard InChI is InChI=1S/C10H12OS/c1-4-6-10(9(3)11)7-5-8(2)12-10/h4-5,7H,1-2,6H2,3H3. The molecule has 1 atom stereocenters. The van der Waals surface area contributed by atoms with E-state index in [4.69, 9.17) is 0 Å². The van der Waals surface area contributed by atoms with Gasteiger partial charge in [-0.15, -0.1) is 18.3 Å². The van der Waals surface area contributed by atoms with Gasteiger partial charge in [-0.3, -0.25) is 4.79 Å². The first-order valence-electron chi connectivity index (χ1n) is 3.80. The summed E-state index contributed by atoms with van der Waals surface area (Å²) in [6.07, 6.45) is 6.28. The van der Waals surface area contributed by atoms with E-state index in [9.17, 15) is 4.79 Å². The molecule has 1 aliphatic rings. The highest BCUT2D eigenvalue weighted by atomic mass is 32.2. The Labute approximate surface area is 77.2 Å². The van der Waals surface area contributed by atoms with Gasteiger partial charge < -0.3 is 0 Å². The molecular formula is C10H12OS. The quantitative estimate of drug-likeness (QED) is 0.621. The molecule has 0 amide bonds. The van der Waals surface area contributed by atoms with Crippen LogP contribution < -0.4 is 0 Å². The molecule has 0 radical (unpaired) electrons. The third-order valence-electron chi connectivity index (χ3n) is 1.90. The van der Waals surface area contributed by atoms with Crippen LogP contribution in [0.5, 0.6) is 0 Å². The highest BCUT2D eigenvalue weighted by Crippen LogP contribution is 2.42. The van der Waals surface area contributed by atoms with Crippen molar-refractivity contribution < 1.29 is 4.79 Å². The first-order valence-corrected chi connectivity index (χ1v) is 4.61. The van der Waals surface area contributed by atoms with E-state index in [1.54, 1.807) is 13.0 Å². The molecule has 1 aliphatic heterocycles. The Balaban J connectivity index is 2.90. The maximum absolute atomic E-state index is 11.3. The van der Waals surface area contributed by atoms with Gasteiger partial charge in [-0.25, -0.2) is 0 Å². The molecule has 0 aromatic carbocycles. The Kier molecular flexibility index (Phi) is 2.58.